The summed E-state index contributed by atoms with van der Waals surface area (Å²) in [6.07, 6.45) is 1.95. The van der Waals surface area contributed by atoms with Crippen molar-refractivity contribution in [3.63, 3.8) is 0 Å². The monoisotopic (exact) mass is 208 g/mol. The Balaban J connectivity index is 2.86. The third kappa shape index (κ3) is 2.41. The van der Waals surface area contributed by atoms with Gasteiger partial charge in [-0.3, -0.25) is 9.35 Å². The van der Waals surface area contributed by atoms with E-state index in [0.717, 1.165) is 0 Å². The Hall–Kier alpha value is -0.620. The van der Waals surface area contributed by atoms with E-state index in [-0.39, 0.29) is 6.42 Å². The molecule has 76 valence electrons. The molecule has 0 saturated heterocycles. The van der Waals surface area contributed by atoms with Gasteiger partial charge in [-0.05, 0) is 12.8 Å². The van der Waals surface area contributed by atoms with Crippen molar-refractivity contribution in [2.75, 3.05) is 0 Å². The smallest absolute Gasteiger partial charge is 0.307 e. The van der Waals surface area contributed by atoms with E-state index in [2.05, 4.69) is 0 Å². The molecule has 0 radical (unpaired) electrons. The molecule has 0 aromatic carbocycles. The lowest BCUT2D eigenvalue weighted by Gasteiger charge is -2.25. The molecule has 1 rings (SSSR count). The van der Waals surface area contributed by atoms with E-state index < -0.39 is 27.3 Å². The highest BCUT2D eigenvalue weighted by atomic mass is 32.2. The molecule has 0 aromatic heterocycles. The van der Waals surface area contributed by atoms with Crippen LogP contribution in [0.25, 0.3) is 0 Å². The van der Waals surface area contributed by atoms with E-state index >= 15 is 0 Å². The van der Waals surface area contributed by atoms with Crippen LogP contribution in [-0.4, -0.2) is 29.3 Å². The summed E-state index contributed by atoms with van der Waals surface area (Å²) in [6.45, 7) is 0. The molecule has 5 nitrogen and oxygen atoms in total. The van der Waals surface area contributed by atoms with Crippen molar-refractivity contribution in [1.29, 1.82) is 0 Å². The first-order valence-electron chi connectivity index (χ1n) is 4.12. The molecular formula is C7H12O5S. The predicted molar refractivity (Wildman–Crippen MR) is 44.9 cm³/mol. The first-order valence-corrected chi connectivity index (χ1v) is 5.62. The van der Waals surface area contributed by atoms with Crippen molar-refractivity contribution in [2.45, 2.75) is 30.9 Å². The van der Waals surface area contributed by atoms with Gasteiger partial charge in [0.05, 0.1) is 11.2 Å². The molecule has 0 spiro atoms. The molecular weight excluding hydrogens is 196 g/mol. The van der Waals surface area contributed by atoms with Gasteiger partial charge in [-0.15, -0.1) is 0 Å². The van der Waals surface area contributed by atoms with Gasteiger partial charge >= 0.3 is 5.97 Å². The Labute approximate surface area is 76.5 Å². The molecule has 0 aromatic rings. The second kappa shape index (κ2) is 3.63. The summed E-state index contributed by atoms with van der Waals surface area (Å²) in [4.78, 5) is 10.6. The number of rotatable bonds is 2. The van der Waals surface area contributed by atoms with Crippen LogP contribution in [0.5, 0.6) is 0 Å². The third-order valence-electron chi connectivity index (χ3n) is 2.40. The fourth-order valence-corrected chi connectivity index (χ4v) is 2.87. The summed E-state index contributed by atoms with van der Waals surface area (Å²) in [5.41, 5.74) is 0. The minimum absolute atomic E-state index is 0.246. The second-order valence-corrected chi connectivity index (χ2v) is 4.92. The van der Waals surface area contributed by atoms with Crippen LogP contribution in [0.15, 0.2) is 0 Å². The second-order valence-electron chi connectivity index (χ2n) is 3.28. The Bertz CT molecular complexity index is 294. The maximum Gasteiger partial charge on any atom is 0.307 e. The molecule has 13 heavy (non-hydrogen) atoms. The minimum Gasteiger partial charge on any atom is -0.481 e. The first-order chi connectivity index (χ1) is 5.93. The van der Waals surface area contributed by atoms with E-state index in [1.54, 1.807) is 0 Å². The number of carboxylic acids is 1. The SMILES string of the molecule is O=C(O)C1CCCCC1S(=O)(=O)O. The van der Waals surface area contributed by atoms with Crippen LogP contribution in [0, 0.1) is 5.92 Å². The number of aliphatic carboxylic acids is 1. The average molecular weight is 208 g/mol. The van der Waals surface area contributed by atoms with Crippen LogP contribution in [-0.2, 0) is 14.9 Å². The van der Waals surface area contributed by atoms with Gasteiger partial charge in [0.1, 0.15) is 0 Å². The van der Waals surface area contributed by atoms with Crippen LogP contribution >= 0.6 is 0 Å². The largest absolute Gasteiger partial charge is 0.481 e. The predicted octanol–water partition coefficient (Wildman–Crippen LogP) is 0.518. The van der Waals surface area contributed by atoms with Gasteiger partial charge < -0.3 is 5.11 Å². The van der Waals surface area contributed by atoms with Gasteiger partial charge in [-0.1, -0.05) is 12.8 Å². The molecule has 2 atom stereocenters. The van der Waals surface area contributed by atoms with Crippen molar-refractivity contribution < 1.29 is 22.9 Å². The zero-order valence-electron chi connectivity index (χ0n) is 7.01. The van der Waals surface area contributed by atoms with E-state index in [9.17, 15) is 13.2 Å². The number of hydrogen-bond donors (Lipinski definition) is 2. The molecule has 0 bridgehead atoms. The summed E-state index contributed by atoms with van der Waals surface area (Å²) in [5, 5.41) is 7.58. The molecule has 0 aliphatic heterocycles. The van der Waals surface area contributed by atoms with E-state index in [1.165, 1.54) is 0 Å². The quantitative estimate of drug-likeness (QED) is 0.645. The molecule has 1 saturated carbocycles. The van der Waals surface area contributed by atoms with Crippen LogP contribution < -0.4 is 0 Å². The summed E-state index contributed by atoms with van der Waals surface area (Å²) >= 11 is 0. The first kappa shape index (κ1) is 10.5. The fraction of sp³-hybridized carbons (Fsp3) is 0.857. The summed E-state index contributed by atoms with van der Waals surface area (Å²) in [5.74, 6) is -2.08. The van der Waals surface area contributed by atoms with E-state index in [1.807, 2.05) is 0 Å². The normalized spacial score (nSPS) is 29.9. The number of carboxylic acid groups (broad SMARTS) is 1. The molecule has 1 aliphatic rings. The molecule has 0 heterocycles. The van der Waals surface area contributed by atoms with Crippen molar-refractivity contribution >= 4 is 16.1 Å². The maximum atomic E-state index is 10.8. The summed E-state index contributed by atoms with van der Waals surface area (Å²) < 4.78 is 30.4. The van der Waals surface area contributed by atoms with Crippen molar-refractivity contribution in [1.82, 2.24) is 0 Å². The Morgan fingerprint density at radius 2 is 1.77 bits per heavy atom. The minimum atomic E-state index is -4.20. The summed E-state index contributed by atoms with van der Waals surface area (Å²) in [7, 11) is -4.20. The van der Waals surface area contributed by atoms with E-state index in [4.69, 9.17) is 9.66 Å². The topological polar surface area (TPSA) is 91.7 Å². The van der Waals surface area contributed by atoms with Crippen molar-refractivity contribution in [3.8, 4) is 0 Å². The molecule has 6 heteroatoms. The van der Waals surface area contributed by atoms with Gasteiger partial charge in [-0.25, -0.2) is 0 Å². The van der Waals surface area contributed by atoms with Crippen molar-refractivity contribution in [2.24, 2.45) is 5.92 Å². The molecule has 2 unspecified atom stereocenters. The van der Waals surface area contributed by atoms with Crippen molar-refractivity contribution in [3.05, 3.63) is 0 Å². The highest BCUT2D eigenvalue weighted by Gasteiger charge is 2.38. The Morgan fingerprint density at radius 1 is 1.23 bits per heavy atom. The standard InChI is InChI=1S/C7H12O5S/c8-7(9)5-3-1-2-4-6(5)13(10,11)12/h5-6H,1-4H2,(H,8,9)(H,10,11,12). The molecule has 1 aliphatic carbocycles. The zero-order chi connectivity index (χ0) is 10.1. The van der Waals surface area contributed by atoms with Crippen LogP contribution in [0.4, 0.5) is 0 Å². The molecule has 0 amide bonds. The molecule has 1 fully saturated rings. The number of carbonyl (C=O) groups is 1. The highest BCUT2D eigenvalue weighted by molar-refractivity contribution is 7.86. The number of hydrogen-bond acceptors (Lipinski definition) is 3. The van der Waals surface area contributed by atoms with E-state index in [0.29, 0.717) is 19.3 Å². The van der Waals surface area contributed by atoms with Gasteiger partial charge in [0.2, 0.25) is 0 Å². The highest BCUT2D eigenvalue weighted by Crippen LogP contribution is 2.29. The van der Waals surface area contributed by atoms with Gasteiger partial charge in [-0.2, -0.15) is 8.42 Å². The lowest BCUT2D eigenvalue weighted by atomic mass is 9.89. The summed E-state index contributed by atoms with van der Waals surface area (Å²) in [6, 6.07) is 0. The average Bonchev–Trinajstić information content (AvgIpc) is 2.03. The van der Waals surface area contributed by atoms with Gasteiger partial charge in [0, 0.05) is 0 Å². The van der Waals surface area contributed by atoms with Gasteiger partial charge in [0.15, 0.2) is 0 Å². The zero-order valence-corrected chi connectivity index (χ0v) is 7.83. The van der Waals surface area contributed by atoms with Gasteiger partial charge in [0.25, 0.3) is 10.1 Å². The molecule has 2 N–H and O–H groups in total. The maximum absolute atomic E-state index is 10.8. The fourth-order valence-electron chi connectivity index (χ4n) is 1.74. The van der Waals surface area contributed by atoms with Crippen LogP contribution in [0.1, 0.15) is 25.7 Å². The van der Waals surface area contributed by atoms with Crippen LogP contribution in [0.2, 0.25) is 0 Å². The lowest BCUT2D eigenvalue weighted by Crippen LogP contribution is -2.37. The Morgan fingerprint density at radius 3 is 2.15 bits per heavy atom. The van der Waals surface area contributed by atoms with Crippen LogP contribution in [0.3, 0.4) is 0 Å². The third-order valence-corrected chi connectivity index (χ3v) is 3.73. The Kier molecular flexibility index (Phi) is 2.92. The lowest BCUT2D eigenvalue weighted by molar-refractivity contribution is -0.142.